The van der Waals surface area contributed by atoms with Crippen molar-refractivity contribution in [3.05, 3.63) is 72.1 Å². The lowest BCUT2D eigenvalue weighted by atomic mass is 10.2. The highest BCUT2D eigenvalue weighted by molar-refractivity contribution is 7.89. The normalized spacial score (nSPS) is 13.1. The van der Waals surface area contributed by atoms with Gasteiger partial charge < -0.3 is 9.47 Å². The van der Waals surface area contributed by atoms with Gasteiger partial charge in [-0.15, -0.1) is 0 Å². The molecule has 3 heterocycles. The number of carbonyl (C=O) groups is 1. The Bertz CT molecular complexity index is 1510. The molecule has 0 atom stereocenters. The minimum Gasteiger partial charge on any atom is -0.486 e. The molecule has 11 heteroatoms. The van der Waals surface area contributed by atoms with Crippen LogP contribution in [0.15, 0.2) is 65.8 Å². The van der Waals surface area contributed by atoms with E-state index in [0.29, 0.717) is 54.0 Å². The molecule has 4 aromatic rings. The van der Waals surface area contributed by atoms with Crippen molar-refractivity contribution in [2.75, 3.05) is 31.2 Å². The Morgan fingerprint density at radius 1 is 1.00 bits per heavy atom. The Labute approximate surface area is 232 Å². The molecule has 0 fully saturated rings. The number of hydrogen-bond acceptors (Lipinski definition) is 8. The second-order valence-corrected chi connectivity index (χ2v) is 12.1. The maximum absolute atomic E-state index is 13.8. The van der Waals surface area contributed by atoms with E-state index >= 15 is 0 Å². The molecular formula is C28H30N4O5S2. The molecule has 39 heavy (non-hydrogen) atoms. The first-order valence-electron chi connectivity index (χ1n) is 12.9. The Morgan fingerprint density at radius 2 is 1.69 bits per heavy atom. The SMILES string of the molecule is CCCN(CCC)S(=O)(=O)c1ccc(C(=O)N(Cc2cccnc2)c2nc3cc4c(cc3s2)OCCO4)cc1. The topological polar surface area (TPSA) is 102 Å². The van der Waals surface area contributed by atoms with Crippen LogP contribution < -0.4 is 14.4 Å². The van der Waals surface area contributed by atoms with Gasteiger partial charge in [-0.1, -0.05) is 31.3 Å². The minimum atomic E-state index is -3.65. The first kappa shape index (κ1) is 27.0. The van der Waals surface area contributed by atoms with E-state index in [-0.39, 0.29) is 17.3 Å². The molecule has 1 aliphatic rings. The van der Waals surface area contributed by atoms with Crippen LogP contribution in [0.1, 0.15) is 42.6 Å². The van der Waals surface area contributed by atoms with Crippen LogP contribution in [0.2, 0.25) is 0 Å². The summed E-state index contributed by atoms with van der Waals surface area (Å²) in [7, 11) is -3.65. The fourth-order valence-electron chi connectivity index (χ4n) is 4.39. The van der Waals surface area contributed by atoms with Gasteiger partial charge in [0.25, 0.3) is 5.91 Å². The van der Waals surface area contributed by atoms with Crippen molar-refractivity contribution in [1.82, 2.24) is 14.3 Å². The summed E-state index contributed by atoms with van der Waals surface area (Å²) < 4.78 is 40.2. The van der Waals surface area contributed by atoms with Crippen LogP contribution in [0.5, 0.6) is 11.5 Å². The molecule has 2 aromatic heterocycles. The van der Waals surface area contributed by atoms with Crippen molar-refractivity contribution in [2.24, 2.45) is 0 Å². The minimum absolute atomic E-state index is 0.172. The van der Waals surface area contributed by atoms with Crippen LogP contribution in [0, 0.1) is 0 Å². The number of sulfonamides is 1. The third kappa shape index (κ3) is 5.75. The second kappa shape index (κ2) is 11.7. The lowest BCUT2D eigenvalue weighted by molar-refractivity contribution is 0.0985. The number of thiazole rings is 1. The number of nitrogens with zero attached hydrogens (tertiary/aromatic N) is 4. The highest BCUT2D eigenvalue weighted by atomic mass is 32.2. The summed E-state index contributed by atoms with van der Waals surface area (Å²) in [4.78, 5) is 24.5. The molecular weight excluding hydrogens is 536 g/mol. The van der Waals surface area contributed by atoms with E-state index in [2.05, 4.69) is 4.98 Å². The molecule has 2 aromatic carbocycles. The van der Waals surface area contributed by atoms with Gasteiger partial charge in [0.2, 0.25) is 10.0 Å². The van der Waals surface area contributed by atoms with Gasteiger partial charge in [0, 0.05) is 43.2 Å². The van der Waals surface area contributed by atoms with Gasteiger partial charge in [-0.25, -0.2) is 13.4 Å². The van der Waals surface area contributed by atoms with E-state index in [0.717, 1.165) is 23.1 Å². The van der Waals surface area contributed by atoms with Crippen molar-refractivity contribution < 1.29 is 22.7 Å². The molecule has 0 N–H and O–H groups in total. The van der Waals surface area contributed by atoms with E-state index in [1.807, 2.05) is 38.1 Å². The molecule has 0 saturated carbocycles. The van der Waals surface area contributed by atoms with Gasteiger partial charge in [-0.2, -0.15) is 4.31 Å². The standard InChI is InChI=1S/C28H30N4O5S2/c1-3-12-31(13-4-2)39(34,35)22-9-7-21(8-10-22)27(33)32(19-20-6-5-11-29-18-20)28-30-23-16-24-25(17-26(23)38-28)37-15-14-36-24/h5-11,16-18H,3-4,12-15,19H2,1-2H3. The summed E-state index contributed by atoms with van der Waals surface area (Å²) in [6.07, 6.45) is 4.84. The number of hydrogen-bond donors (Lipinski definition) is 0. The Kier molecular flexibility index (Phi) is 8.10. The zero-order valence-electron chi connectivity index (χ0n) is 21.9. The van der Waals surface area contributed by atoms with E-state index in [1.54, 1.807) is 29.4 Å². The second-order valence-electron chi connectivity index (χ2n) is 9.14. The van der Waals surface area contributed by atoms with Crippen molar-refractivity contribution >= 4 is 42.6 Å². The van der Waals surface area contributed by atoms with Crippen molar-refractivity contribution in [3.63, 3.8) is 0 Å². The van der Waals surface area contributed by atoms with Crippen LogP contribution >= 0.6 is 11.3 Å². The summed E-state index contributed by atoms with van der Waals surface area (Å²) in [5.74, 6) is 0.997. The lowest BCUT2D eigenvalue weighted by Gasteiger charge is -2.22. The number of amides is 1. The number of rotatable bonds is 10. The molecule has 0 saturated heterocycles. The number of fused-ring (bicyclic) bond motifs is 2. The van der Waals surface area contributed by atoms with Crippen LogP contribution in [0.25, 0.3) is 10.2 Å². The van der Waals surface area contributed by atoms with Gasteiger partial charge in [-0.05, 0) is 48.7 Å². The van der Waals surface area contributed by atoms with Gasteiger partial charge in [0.15, 0.2) is 16.6 Å². The number of anilines is 1. The van der Waals surface area contributed by atoms with E-state index in [4.69, 9.17) is 14.5 Å². The average Bonchev–Trinajstić information content (AvgIpc) is 3.37. The predicted octanol–water partition coefficient (Wildman–Crippen LogP) is 5.12. The van der Waals surface area contributed by atoms with Gasteiger partial charge in [0.1, 0.15) is 13.2 Å². The number of pyridine rings is 1. The van der Waals surface area contributed by atoms with Gasteiger partial charge in [0.05, 0.1) is 21.7 Å². The molecule has 204 valence electrons. The number of ether oxygens (including phenoxy) is 2. The molecule has 0 unspecified atom stereocenters. The Morgan fingerprint density at radius 3 is 2.33 bits per heavy atom. The summed E-state index contributed by atoms with van der Waals surface area (Å²) >= 11 is 1.38. The molecule has 0 spiro atoms. The zero-order valence-corrected chi connectivity index (χ0v) is 23.5. The van der Waals surface area contributed by atoms with Gasteiger partial charge in [-0.3, -0.25) is 14.7 Å². The van der Waals surface area contributed by atoms with E-state index in [9.17, 15) is 13.2 Å². The Balaban J connectivity index is 1.48. The smallest absolute Gasteiger partial charge is 0.260 e. The third-order valence-corrected chi connectivity index (χ3v) is 9.22. The van der Waals surface area contributed by atoms with Crippen molar-refractivity contribution in [3.8, 4) is 11.5 Å². The molecule has 0 aliphatic carbocycles. The van der Waals surface area contributed by atoms with E-state index < -0.39 is 10.0 Å². The molecule has 5 rings (SSSR count). The predicted molar refractivity (Wildman–Crippen MR) is 151 cm³/mol. The largest absolute Gasteiger partial charge is 0.486 e. The fraction of sp³-hybridized carbons (Fsp3) is 0.321. The van der Waals surface area contributed by atoms with Crippen molar-refractivity contribution in [2.45, 2.75) is 38.1 Å². The average molecular weight is 567 g/mol. The fourth-order valence-corrected chi connectivity index (χ4v) is 6.99. The molecule has 0 radical (unpaired) electrons. The van der Waals surface area contributed by atoms with Crippen LogP contribution in [0.3, 0.4) is 0 Å². The highest BCUT2D eigenvalue weighted by Crippen LogP contribution is 2.39. The first-order valence-corrected chi connectivity index (χ1v) is 15.2. The summed E-state index contributed by atoms with van der Waals surface area (Å²) in [5.41, 5.74) is 1.90. The molecule has 1 aliphatic heterocycles. The van der Waals surface area contributed by atoms with E-state index in [1.165, 1.54) is 27.8 Å². The quantitative estimate of drug-likeness (QED) is 0.263. The molecule has 0 bridgehead atoms. The summed E-state index contributed by atoms with van der Waals surface area (Å²) in [6.45, 7) is 6.01. The maximum atomic E-state index is 13.8. The number of aromatic nitrogens is 2. The lowest BCUT2D eigenvalue weighted by Crippen LogP contribution is -2.33. The monoisotopic (exact) mass is 566 g/mol. The maximum Gasteiger partial charge on any atom is 0.260 e. The zero-order chi connectivity index (χ0) is 27.4. The highest BCUT2D eigenvalue weighted by Gasteiger charge is 2.26. The summed E-state index contributed by atoms with van der Waals surface area (Å²) in [6, 6.07) is 13.6. The van der Waals surface area contributed by atoms with Crippen LogP contribution in [-0.4, -0.2) is 54.9 Å². The van der Waals surface area contributed by atoms with Crippen LogP contribution in [-0.2, 0) is 16.6 Å². The number of carbonyl (C=O) groups excluding carboxylic acids is 1. The van der Waals surface area contributed by atoms with Gasteiger partial charge >= 0.3 is 0 Å². The summed E-state index contributed by atoms with van der Waals surface area (Å²) in [5, 5.41) is 0.509. The third-order valence-electron chi connectivity index (χ3n) is 6.27. The van der Waals surface area contributed by atoms with Crippen molar-refractivity contribution in [1.29, 1.82) is 0 Å². The Hall–Kier alpha value is -3.54. The first-order chi connectivity index (χ1) is 18.9. The molecule has 9 nitrogen and oxygen atoms in total. The number of benzene rings is 2. The van der Waals surface area contributed by atoms with Crippen LogP contribution in [0.4, 0.5) is 5.13 Å². The molecule has 1 amide bonds.